The number of carbonyl (C=O) groups is 3. The third-order valence-corrected chi connectivity index (χ3v) is 8.43. The van der Waals surface area contributed by atoms with Gasteiger partial charge in [-0.2, -0.15) is 0 Å². The number of nitrogens with one attached hydrogen (secondary N) is 1. The van der Waals surface area contributed by atoms with Crippen molar-refractivity contribution >= 4 is 49.4 Å². The molecule has 0 saturated carbocycles. The van der Waals surface area contributed by atoms with Gasteiger partial charge in [-0.05, 0) is 70.7 Å². The minimum Gasteiger partial charge on any atom is -0.492 e. The van der Waals surface area contributed by atoms with Gasteiger partial charge in [0.15, 0.2) is 0 Å². The molecule has 39 heavy (non-hydrogen) atoms. The lowest BCUT2D eigenvalue weighted by Crippen LogP contribution is -2.31. The molecule has 4 rings (SSSR count). The van der Waals surface area contributed by atoms with Gasteiger partial charge in [0.25, 0.3) is 21.8 Å². The van der Waals surface area contributed by atoms with Gasteiger partial charge < -0.3 is 9.47 Å². The molecule has 204 valence electrons. The smallest absolute Gasteiger partial charge is 0.343 e. The molecule has 0 unspecified atom stereocenters. The summed E-state index contributed by atoms with van der Waals surface area (Å²) in [5.74, 6) is -2.12. The first kappa shape index (κ1) is 28.2. The molecule has 9 nitrogen and oxygen atoms in total. The molecular weight excluding hydrogens is 595 g/mol. The van der Waals surface area contributed by atoms with Gasteiger partial charge in [0, 0.05) is 11.0 Å². The molecule has 1 heterocycles. The summed E-state index contributed by atoms with van der Waals surface area (Å²) in [5.41, 5.74) is 1.07. The summed E-state index contributed by atoms with van der Waals surface area (Å²) in [6, 6.07) is 12.7. The molecule has 1 N–H and O–H groups in total. The van der Waals surface area contributed by atoms with Crippen LogP contribution >= 0.6 is 15.9 Å². The lowest BCUT2D eigenvalue weighted by atomic mass is 10.0. The Morgan fingerprint density at radius 1 is 1.05 bits per heavy atom. The molecule has 1 aliphatic heterocycles. The van der Waals surface area contributed by atoms with Crippen LogP contribution < -0.4 is 9.46 Å². The molecule has 1 aliphatic rings. The molecule has 3 aromatic carbocycles. The second-order valence-corrected chi connectivity index (χ2v) is 11.0. The molecule has 12 heteroatoms. The van der Waals surface area contributed by atoms with Crippen LogP contribution in [0.25, 0.3) is 0 Å². The van der Waals surface area contributed by atoms with Crippen molar-refractivity contribution in [1.29, 1.82) is 0 Å². The number of carbonyl (C=O) groups excluding carboxylic acids is 3. The van der Waals surface area contributed by atoms with Crippen LogP contribution in [0.4, 0.5) is 10.1 Å². The highest BCUT2D eigenvalue weighted by Crippen LogP contribution is 2.35. The number of hydrogen-bond acceptors (Lipinski definition) is 7. The Morgan fingerprint density at radius 3 is 2.31 bits per heavy atom. The predicted molar refractivity (Wildman–Crippen MR) is 144 cm³/mol. The first-order valence-corrected chi connectivity index (χ1v) is 14.2. The molecule has 0 aliphatic carbocycles. The second-order valence-electron chi connectivity index (χ2n) is 8.51. The van der Waals surface area contributed by atoms with Gasteiger partial charge in [-0.1, -0.05) is 25.1 Å². The number of aryl methyl sites for hydroxylation is 1. The zero-order valence-electron chi connectivity index (χ0n) is 21.0. The normalized spacial score (nSPS) is 12.9. The lowest BCUT2D eigenvalue weighted by Gasteiger charge is -2.19. The van der Waals surface area contributed by atoms with Crippen LogP contribution in [-0.2, 0) is 21.2 Å². The zero-order chi connectivity index (χ0) is 28.3. The van der Waals surface area contributed by atoms with Crippen LogP contribution in [0, 0.1) is 5.82 Å². The first-order valence-electron chi connectivity index (χ1n) is 11.9. The Balaban J connectivity index is 1.57. The summed E-state index contributed by atoms with van der Waals surface area (Å²) >= 11 is 3.06. The van der Waals surface area contributed by atoms with E-state index in [0.717, 1.165) is 30.2 Å². The Morgan fingerprint density at radius 2 is 1.72 bits per heavy atom. The largest absolute Gasteiger partial charge is 0.492 e. The van der Waals surface area contributed by atoms with E-state index in [-0.39, 0.29) is 57.8 Å². The monoisotopic (exact) mass is 618 g/mol. The van der Waals surface area contributed by atoms with E-state index in [0.29, 0.717) is 23.1 Å². The summed E-state index contributed by atoms with van der Waals surface area (Å²) in [7, 11) is -3.09. The van der Waals surface area contributed by atoms with E-state index in [1.165, 1.54) is 6.07 Å². The second kappa shape index (κ2) is 11.5. The Labute approximate surface area is 233 Å². The van der Waals surface area contributed by atoms with E-state index in [2.05, 4.69) is 20.7 Å². The average Bonchev–Trinajstić information content (AvgIpc) is 3.15. The summed E-state index contributed by atoms with van der Waals surface area (Å²) in [4.78, 5) is 38.9. The quantitative estimate of drug-likeness (QED) is 0.197. The van der Waals surface area contributed by atoms with Crippen LogP contribution in [0.2, 0.25) is 0 Å². The number of rotatable bonds is 10. The van der Waals surface area contributed by atoms with Crippen LogP contribution in [0.3, 0.4) is 0 Å². The van der Waals surface area contributed by atoms with Gasteiger partial charge >= 0.3 is 5.97 Å². The summed E-state index contributed by atoms with van der Waals surface area (Å²) < 4.78 is 52.9. The number of nitrogens with zero attached hydrogens (tertiary/aromatic N) is 1. The molecule has 0 radical (unpaired) electrons. The number of methoxy groups -OCH3 is 1. The van der Waals surface area contributed by atoms with Crippen LogP contribution in [0.1, 0.15) is 50.0 Å². The van der Waals surface area contributed by atoms with Crippen molar-refractivity contribution in [3.63, 3.8) is 0 Å². The number of benzene rings is 3. The van der Waals surface area contributed by atoms with Crippen molar-refractivity contribution in [2.45, 2.75) is 24.7 Å². The molecular formula is C27H24BrFN2O7S. The minimum atomic E-state index is -4.24. The van der Waals surface area contributed by atoms with Gasteiger partial charge in [-0.15, -0.1) is 0 Å². The Bertz CT molecular complexity index is 1540. The maximum absolute atomic E-state index is 13.5. The molecule has 0 saturated heterocycles. The first-order chi connectivity index (χ1) is 18.6. The van der Waals surface area contributed by atoms with E-state index in [1.54, 1.807) is 30.3 Å². The molecule has 2 amide bonds. The van der Waals surface area contributed by atoms with E-state index in [1.807, 2.05) is 6.92 Å². The maximum atomic E-state index is 13.5. The van der Waals surface area contributed by atoms with Gasteiger partial charge in [-0.25, -0.2) is 17.6 Å². The fourth-order valence-corrected chi connectivity index (χ4v) is 6.31. The minimum absolute atomic E-state index is 0.00410. The molecule has 3 aromatic rings. The number of halogens is 2. The third-order valence-electron chi connectivity index (χ3n) is 6.09. The van der Waals surface area contributed by atoms with Gasteiger partial charge in [0.2, 0.25) is 0 Å². The van der Waals surface area contributed by atoms with Crippen molar-refractivity contribution in [2.24, 2.45) is 0 Å². The van der Waals surface area contributed by atoms with E-state index >= 15 is 0 Å². The summed E-state index contributed by atoms with van der Waals surface area (Å²) in [6.07, 6.45) is 0.710. The van der Waals surface area contributed by atoms with E-state index in [4.69, 9.17) is 9.47 Å². The predicted octanol–water partition coefficient (Wildman–Crippen LogP) is 4.80. The number of sulfonamides is 1. The Hall–Kier alpha value is -3.77. The third kappa shape index (κ3) is 5.66. The topological polar surface area (TPSA) is 119 Å². The highest BCUT2D eigenvalue weighted by atomic mass is 79.9. The number of ether oxygens (including phenoxy) is 2. The number of hydrogen-bond donors (Lipinski definition) is 1. The average molecular weight is 619 g/mol. The maximum Gasteiger partial charge on any atom is 0.343 e. The van der Waals surface area contributed by atoms with E-state index < -0.39 is 21.8 Å². The number of anilines is 1. The molecule has 0 fully saturated rings. The fourth-order valence-electron chi connectivity index (χ4n) is 4.19. The Kier molecular flexibility index (Phi) is 8.36. The standard InChI is InChI=1S/C27H24BrFN2O7S/c1-3-16-9-11-21(30-39(35,36)22-12-10-17(29)15-20(22)28)23(27(34)37-2)24(16)38-14-6-13-31-25(32)18-7-4-5-8-19(18)26(31)33/h4-5,7-12,15,30H,3,6,13-14H2,1-2H3. The van der Waals surface area contributed by atoms with Crippen LogP contribution in [0.15, 0.2) is 64.0 Å². The lowest BCUT2D eigenvalue weighted by molar-refractivity contribution is 0.0596. The highest BCUT2D eigenvalue weighted by molar-refractivity contribution is 9.10. The zero-order valence-corrected chi connectivity index (χ0v) is 23.4. The van der Waals surface area contributed by atoms with Crippen LogP contribution in [0.5, 0.6) is 5.75 Å². The SMILES string of the molecule is CCc1ccc(NS(=O)(=O)c2ccc(F)cc2Br)c(C(=O)OC)c1OCCCN1C(=O)c2ccccc2C1=O. The molecule has 0 spiro atoms. The number of fused-ring (bicyclic) bond motifs is 1. The number of amides is 2. The van der Waals surface area contributed by atoms with Gasteiger partial charge in [-0.3, -0.25) is 19.2 Å². The fraction of sp³-hybridized carbons (Fsp3) is 0.222. The van der Waals surface area contributed by atoms with Crippen molar-refractivity contribution in [3.8, 4) is 5.75 Å². The van der Waals surface area contributed by atoms with Gasteiger partial charge in [0.1, 0.15) is 22.0 Å². The van der Waals surface area contributed by atoms with Gasteiger partial charge in [0.05, 0.1) is 30.5 Å². The molecule has 0 atom stereocenters. The van der Waals surface area contributed by atoms with Crippen LogP contribution in [-0.4, -0.2) is 51.4 Å². The number of esters is 1. The summed E-state index contributed by atoms with van der Waals surface area (Å²) in [5, 5.41) is 0. The van der Waals surface area contributed by atoms with Crippen molar-refractivity contribution < 1.29 is 36.7 Å². The van der Waals surface area contributed by atoms with E-state index in [9.17, 15) is 27.2 Å². The number of imide groups is 1. The van der Waals surface area contributed by atoms with Crippen molar-refractivity contribution in [2.75, 3.05) is 25.0 Å². The van der Waals surface area contributed by atoms with Crippen molar-refractivity contribution in [1.82, 2.24) is 4.90 Å². The summed E-state index contributed by atoms with van der Waals surface area (Å²) in [6.45, 7) is 1.94. The molecule has 0 bridgehead atoms. The molecule has 0 aromatic heterocycles. The van der Waals surface area contributed by atoms with Crippen molar-refractivity contribution in [3.05, 3.63) is 87.1 Å². The highest BCUT2D eigenvalue weighted by Gasteiger charge is 2.34.